The van der Waals surface area contributed by atoms with Gasteiger partial charge >= 0.3 is 0 Å². The molecule has 0 saturated carbocycles. The Morgan fingerprint density at radius 1 is 1.50 bits per heavy atom. The van der Waals surface area contributed by atoms with Crippen molar-refractivity contribution < 1.29 is 9.13 Å². The molecule has 18 heavy (non-hydrogen) atoms. The highest BCUT2D eigenvalue weighted by atomic mass is 19.1. The van der Waals surface area contributed by atoms with Crippen molar-refractivity contribution in [2.24, 2.45) is 12.8 Å². The summed E-state index contributed by atoms with van der Waals surface area (Å²) in [6.45, 7) is 1.89. The van der Waals surface area contributed by atoms with Crippen molar-refractivity contribution in [3.8, 4) is 11.5 Å². The third kappa shape index (κ3) is 3.07. The van der Waals surface area contributed by atoms with Crippen LogP contribution in [0.3, 0.4) is 0 Å². The fourth-order valence-electron chi connectivity index (χ4n) is 1.70. The maximum absolute atomic E-state index is 13.8. The number of hydrogen-bond acceptors (Lipinski definition) is 3. The predicted molar refractivity (Wildman–Crippen MR) is 67.0 cm³/mol. The Labute approximate surface area is 105 Å². The van der Waals surface area contributed by atoms with Crippen LogP contribution in [0.2, 0.25) is 0 Å². The quantitative estimate of drug-likeness (QED) is 0.904. The van der Waals surface area contributed by atoms with Gasteiger partial charge in [-0.25, -0.2) is 4.39 Å². The molecular weight excluding hydrogens is 233 g/mol. The van der Waals surface area contributed by atoms with Crippen LogP contribution < -0.4 is 10.5 Å². The molecule has 1 atom stereocenters. The van der Waals surface area contributed by atoms with Crippen LogP contribution in [0.15, 0.2) is 30.6 Å². The van der Waals surface area contributed by atoms with Crippen molar-refractivity contribution in [1.29, 1.82) is 0 Å². The summed E-state index contributed by atoms with van der Waals surface area (Å²) in [4.78, 5) is 0. The van der Waals surface area contributed by atoms with Crippen LogP contribution in [0.4, 0.5) is 4.39 Å². The van der Waals surface area contributed by atoms with Crippen LogP contribution in [0, 0.1) is 5.82 Å². The molecule has 0 amide bonds. The number of hydrogen-bond donors (Lipinski definition) is 1. The third-order valence-electron chi connectivity index (χ3n) is 2.46. The van der Waals surface area contributed by atoms with Crippen LogP contribution >= 0.6 is 0 Å². The lowest BCUT2D eigenvalue weighted by atomic mass is 10.1. The summed E-state index contributed by atoms with van der Waals surface area (Å²) in [6, 6.07) is 4.89. The van der Waals surface area contributed by atoms with Crippen molar-refractivity contribution in [2.75, 3.05) is 0 Å². The molecule has 1 aromatic heterocycles. The molecule has 0 aliphatic rings. The number of nitrogens with two attached hydrogens (primary N) is 1. The van der Waals surface area contributed by atoms with Gasteiger partial charge in [0.2, 0.25) is 0 Å². The molecule has 2 rings (SSSR count). The first-order chi connectivity index (χ1) is 8.54. The number of rotatable bonds is 4. The van der Waals surface area contributed by atoms with E-state index in [2.05, 4.69) is 5.10 Å². The maximum atomic E-state index is 13.8. The van der Waals surface area contributed by atoms with Crippen LogP contribution in [-0.2, 0) is 13.5 Å². The topological polar surface area (TPSA) is 53.1 Å². The van der Waals surface area contributed by atoms with Crippen molar-refractivity contribution in [1.82, 2.24) is 9.78 Å². The summed E-state index contributed by atoms with van der Waals surface area (Å²) >= 11 is 0. The van der Waals surface area contributed by atoms with Crippen molar-refractivity contribution >= 4 is 0 Å². The lowest BCUT2D eigenvalue weighted by Crippen LogP contribution is -2.17. The van der Waals surface area contributed by atoms with Gasteiger partial charge in [-0.15, -0.1) is 0 Å². The summed E-state index contributed by atoms with van der Waals surface area (Å²) in [5.41, 5.74) is 6.54. The molecule has 96 valence electrons. The zero-order valence-corrected chi connectivity index (χ0v) is 10.4. The monoisotopic (exact) mass is 249 g/mol. The smallest absolute Gasteiger partial charge is 0.165 e. The molecule has 0 radical (unpaired) electrons. The van der Waals surface area contributed by atoms with E-state index in [4.69, 9.17) is 10.5 Å². The highest BCUT2D eigenvalue weighted by Gasteiger charge is 2.08. The van der Waals surface area contributed by atoms with Gasteiger partial charge in [-0.3, -0.25) is 4.68 Å². The Morgan fingerprint density at radius 2 is 2.28 bits per heavy atom. The first-order valence-electron chi connectivity index (χ1n) is 5.75. The van der Waals surface area contributed by atoms with Crippen LogP contribution in [-0.4, -0.2) is 15.8 Å². The molecule has 0 bridgehead atoms. The minimum absolute atomic E-state index is 0.00879. The minimum Gasteiger partial charge on any atom is -0.451 e. The van der Waals surface area contributed by atoms with E-state index in [-0.39, 0.29) is 11.8 Å². The van der Waals surface area contributed by atoms with Gasteiger partial charge in [0.25, 0.3) is 0 Å². The van der Waals surface area contributed by atoms with Crippen molar-refractivity contribution in [3.63, 3.8) is 0 Å². The van der Waals surface area contributed by atoms with Gasteiger partial charge in [0.15, 0.2) is 17.3 Å². The SMILES string of the molecule is CC(N)Cc1ccc(Oc2cnn(C)c2)c(F)c1. The van der Waals surface area contributed by atoms with Gasteiger partial charge in [0, 0.05) is 13.1 Å². The first kappa shape index (κ1) is 12.6. The largest absolute Gasteiger partial charge is 0.451 e. The van der Waals surface area contributed by atoms with Crippen molar-refractivity contribution in [2.45, 2.75) is 19.4 Å². The van der Waals surface area contributed by atoms with Crippen LogP contribution in [0.1, 0.15) is 12.5 Å². The Balaban J connectivity index is 2.14. The second kappa shape index (κ2) is 5.18. The molecule has 0 saturated heterocycles. The summed E-state index contributed by atoms with van der Waals surface area (Å²) in [5.74, 6) is 0.310. The normalized spacial score (nSPS) is 12.4. The Morgan fingerprint density at radius 3 is 2.83 bits per heavy atom. The van der Waals surface area contributed by atoms with E-state index in [1.165, 1.54) is 12.3 Å². The summed E-state index contributed by atoms with van der Waals surface area (Å²) in [6.07, 6.45) is 3.86. The molecular formula is C13H16FN3O. The van der Waals surface area contributed by atoms with Gasteiger partial charge in [0.05, 0.1) is 12.4 Å². The van der Waals surface area contributed by atoms with Crippen LogP contribution in [0.5, 0.6) is 11.5 Å². The lowest BCUT2D eigenvalue weighted by molar-refractivity contribution is 0.441. The summed E-state index contributed by atoms with van der Waals surface area (Å²) < 4.78 is 20.8. The van der Waals surface area contributed by atoms with Crippen LogP contribution in [0.25, 0.3) is 0 Å². The zero-order valence-electron chi connectivity index (χ0n) is 10.4. The standard InChI is InChI=1S/C13H16FN3O/c1-9(15)5-10-3-4-13(12(14)6-10)18-11-7-16-17(2)8-11/h3-4,6-9H,5,15H2,1-2H3. The second-order valence-electron chi connectivity index (χ2n) is 4.40. The molecule has 1 heterocycles. The fraction of sp³-hybridized carbons (Fsp3) is 0.308. The molecule has 0 fully saturated rings. The van der Waals surface area contributed by atoms with Gasteiger partial charge in [-0.05, 0) is 31.0 Å². The number of ether oxygens (including phenoxy) is 1. The van der Waals surface area contributed by atoms with E-state index < -0.39 is 5.82 Å². The molecule has 4 nitrogen and oxygen atoms in total. The highest BCUT2D eigenvalue weighted by molar-refractivity contribution is 5.33. The molecule has 1 aromatic carbocycles. The predicted octanol–water partition coefficient (Wildman–Crippen LogP) is 2.24. The van der Waals surface area contributed by atoms with E-state index in [0.29, 0.717) is 12.2 Å². The maximum Gasteiger partial charge on any atom is 0.165 e. The fourth-order valence-corrected chi connectivity index (χ4v) is 1.70. The Bertz CT molecular complexity index is 537. The van der Waals surface area contributed by atoms with E-state index in [0.717, 1.165) is 5.56 Å². The summed E-state index contributed by atoms with van der Waals surface area (Å²) in [7, 11) is 1.77. The number of aromatic nitrogens is 2. The Hall–Kier alpha value is -1.88. The minimum atomic E-state index is -0.392. The molecule has 0 aliphatic heterocycles. The molecule has 0 aliphatic carbocycles. The third-order valence-corrected chi connectivity index (χ3v) is 2.46. The molecule has 0 spiro atoms. The zero-order chi connectivity index (χ0) is 13.1. The second-order valence-corrected chi connectivity index (χ2v) is 4.40. The molecule has 2 aromatic rings. The number of aryl methyl sites for hydroxylation is 1. The van der Waals surface area contributed by atoms with E-state index in [1.54, 1.807) is 24.0 Å². The Kier molecular flexibility index (Phi) is 3.62. The molecule has 5 heteroatoms. The van der Waals surface area contributed by atoms with Gasteiger partial charge in [-0.1, -0.05) is 6.07 Å². The molecule has 1 unspecified atom stereocenters. The van der Waals surface area contributed by atoms with Gasteiger partial charge in [0.1, 0.15) is 0 Å². The van der Waals surface area contributed by atoms with E-state index in [9.17, 15) is 4.39 Å². The number of benzene rings is 1. The van der Waals surface area contributed by atoms with E-state index in [1.807, 2.05) is 13.0 Å². The van der Waals surface area contributed by atoms with Gasteiger partial charge < -0.3 is 10.5 Å². The lowest BCUT2D eigenvalue weighted by Gasteiger charge is -2.08. The average molecular weight is 249 g/mol. The average Bonchev–Trinajstić information content (AvgIpc) is 2.67. The van der Waals surface area contributed by atoms with E-state index >= 15 is 0 Å². The summed E-state index contributed by atoms with van der Waals surface area (Å²) in [5, 5.41) is 3.95. The highest BCUT2D eigenvalue weighted by Crippen LogP contribution is 2.24. The van der Waals surface area contributed by atoms with Crippen molar-refractivity contribution in [3.05, 3.63) is 42.0 Å². The molecule has 2 N–H and O–H groups in total. The van der Waals surface area contributed by atoms with Gasteiger partial charge in [-0.2, -0.15) is 5.10 Å². The number of nitrogens with zero attached hydrogens (tertiary/aromatic N) is 2. The first-order valence-corrected chi connectivity index (χ1v) is 5.75. The number of halogens is 1.